The number of amides is 2. The number of urea groups is 1. The number of nitrogens with zero attached hydrogens (tertiary/aromatic N) is 2. The molecule has 1 atom stereocenters. The average molecular weight is 477 g/mol. The number of ether oxygens (including phenoxy) is 3. The van der Waals surface area contributed by atoms with E-state index < -0.39 is 24.0 Å². The summed E-state index contributed by atoms with van der Waals surface area (Å²) in [6, 6.07) is 5.58. The van der Waals surface area contributed by atoms with Gasteiger partial charge in [0.25, 0.3) is 0 Å². The first-order valence-electron chi connectivity index (χ1n) is 10.1. The fourth-order valence-corrected chi connectivity index (χ4v) is 3.70. The first-order chi connectivity index (χ1) is 15.9. The van der Waals surface area contributed by atoms with Crippen molar-refractivity contribution >= 4 is 29.7 Å². The Morgan fingerprint density at radius 1 is 1.21 bits per heavy atom. The van der Waals surface area contributed by atoms with Crippen LogP contribution in [0.3, 0.4) is 0 Å². The number of thioether (sulfide) groups is 1. The molecule has 0 bridgehead atoms. The highest BCUT2D eigenvalue weighted by Gasteiger charge is 2.34. The van der Waals surface area contributed by atoms with Gasteiger partial charge in [-0.25, -0.2) is 9.59 Å². The number of benzene rings is 1. The highest BCUT2D eigenvalue weighted by atomic mass is 32.2. The molecule has 1 aromatic carbocycles. The van der Waals surface area contributed by atoms with Crippen molar-refractivity contribution in [3.05, 3.63) is 52.8 Å². The van der Waals surface area contributed by atoms with Crippen LogP contribution in [0, 0.1) is 6.92 Å². The van der Waals surface area contributed by atoms with Crippen molar-refractivity contribution in [1.82, 2.24) is 20.8 Å². The number of hydrogen-bond donors (Lipinski definition) is 2. The smallest absolute Gasteiger partial charge is 0.338 e. The molecule has 0 saturated heterocycles. The quantitative estimate of drug-likeness (QED) is 0.489. The molecule has 1 aromatic heterocycles. The third-order valence-corrected chi connectivity index (χ3v) is 5.40. The highest BCUT2D eigenvalue weighted by molar-refractivity contribution is 7.99. The number of methoxy groups -OCH3 is 1. The molecule has 176 valence electrons. The minimum absolute atomic E-state index is 0.0315. The van der Waals surface area contributed by atoms with Crippen molar-refractivity contribution in [3.8, 4) is 5.75 Å². The third kappa shape index (κ3) is 6.48. The zero-order valence-corrected chi connectivity index (χ0v) is 19.2. The Balaban J connectivity index is 1.72. The van der Waals surface area contributed by atoms with E-state index in [1.54, 1.807) is 45.2 Å². The molecular formula is C21H24N4O7S. The van der Waals surface area contributed by atoms with Crippen LogP contribution < -0.4 is 15.4 Å². The lowest BCUT2D eigenvalue weighted by molar-refractivity contribution is -0.141. The van der Waals surface area contributed by atoms with Gasteiger partial charge >= 0.3 is 18.0 Å². The minimum Gasteiger partial charge on any atom is -0.497 e. The van der Waals surface area contributed by atoms with Gasteiger partial charge in [-0.2, -0.15) is 4.98 Å². The summed E-state index contributed by atoms with van der Waals surface area (Å²) < 4.78 is 20.5. The first-order valence-corrected chi connectivity index (χ1v) is 11.2. The molecule has 1 aliphatic rings. The van der Waals surface area contributed by atoms with Gasteiger partial charge in [-0.05, 0) is 24.6 Å². The Bertz CT molecular complexity index is 1040. The van der Waals surface area contributed by atoms with Gasteiger partial charge in [0.2, 0.25) is 5.89 Å². The predicted octanol–water partition coefficient (Wildman–Crippen LogP) is 2.03. The molecular weight excluding hydrogens is 452 g/mol. The van der Waals surface area contributed by atoms with Gasteiger partial charge in [0.05, 0.1) is 42.5 Å². The molecule has 2 N–H and O–H groups in total. The summed E-state index contributed by atoms with van der Waals surface area (Å²) in [5, 5.41) is 9.03. The van der Waals surface area contributed by atoms with E-state index >= 15 is 0 Å². The van der Waals surface area contributed by atoms with Crippen LogP contribution >= 0.6 is 11.8 Å². The van der Waals surface area contributed by atoms with Gasteiger partial charge in [0.15, 0.2) is 5.82 Å². The maximum Gasteiger partial charge on any atom is 0.338 e. The topological polar surface area (TPSA) is 142 Å². The van der Waals surface area contributed by atoms with Crippen LogP contribution in [-0.2, 0) is 24.8 Å². The van der Waals surface area contributed by atoms with Gasteiger partial charge in [-0.15, -0.1) is 11.8 Å². The van der Waals surface area contributed by atoms with Crippen molar-refractivity contribution in [2.75, 3.05) is 26.1 Å². The molecule has 3 rings (SSSR count). The molecule has 0 radical (unpaired) electrons. The molecule has 0 saturated carbocycles. The molecule has 33 heavy (non-hydrogen) atoms. The molecule has 12 heteroatoms. The average Bonchev–Trinajstić information content (AvgIpc) is 3.22. The number of nitrogens with one attached hydrogen (secondary N) is 2. The lowest BCUT2D eigenvalue weighted by atomic mass is 9.95. The fourth-order valence-electron chi connectivity index (χ4n) is 3.05. The van der Waals surface area contributed by atoms with Gasteiger partial charge in [0.1, 0.15) is 12.4 Å². The summed E-state index contributed by atoms with van der Waals surface area (Å²) in [7, 11) is 1.54. The normalized spacial score (nSPS) is 15.5. The monoisotopic (exact) mass is 476 g/mol. The summed E-state index contributed by atoms with van der Waals surface area (Å²) in [5.41, 5.74) is 0.956. The maximum absolute atomic E-state index is 12.7. The standard InChI is InChI=1S/C21H24N4O7S/c1-4-30-20(27)18-15(9-31-17(26)11-33-10-16-22-12(2)32-25-16)23-21(28)24-19(18)13-5-7-14(29-3)8-6-13/h5-8,19H,4,9-11H2,1-3H3,(H2,23,24,28)/t19-/m1/s1. The summed E-state index contributed by atoms with van der Waals surface area (Å²) >= 11 is 1.25. The largest absolute Gasteiger partial charge is 0.497 e. The Hall–Kier alpha value is -3.54. The number of esters is 2. The van der Waals surface area contributed by atoms with E-state index in [0.29, 0.717) is 28.8 Å². The van der Waals surface area contributed by atoms with Crippen LogP contribution in [0.1, 0.15) is 30.2 Å². The van der Waals surface area contributed by atoms with Crippen LogP contribution in [0.15, 0.2) is 40.1 Å². The number of aryl methyl sites for hydroxylation is 1. The molecule has 0 aliphatic carbocycles. The summed E-state index contributed by atoms with van der Waals surface area (Å²) in [6.45, 7) is 3.20. The van der Waals surface area contributed by atoms with Crippen molar-refractivity contribution in [2.24, 2.45) is 0 Å². The van der Waals surface area contributed by atoms with Gasteiger partial charge < -0.3 is 29.4 Å². The van der Waals surface area contributed by atoms with Crippen molar-refractivity contribution in [3.63, 3.8) is 0 Å². The second kappa shape index (κ2) is 11.4. The molecule has 2 heterocycles. The fraction of sp³-hybridized carbons (Fsp3) is 0.381. The molecule has 0 unspecified atom stereocenters. The van der Waals surface area contributed by atoms with Crippen LogP contribution in [0.25, 0.3) is 0 Å². The van der Waals surface area contributed by atoms with E-state index in [0.717, 1.165) is 0 Å². The van der Waals surface area contributed by atoms with Crippen LogP contribution in [0.5, 0.6) is 5.75 Å². The van der Waals surface area contributed by atoms with Gasteiger partial charge in [-0.1, -0.05) is 17.3 Å². The zero-order valence-electron chi connectivity index (χ0n) is 18.4. The van der Waals surface area contributed by atoms with E-state index in [-0.39, 0.29) is 30.2 Å². The Morgan fingerprint density at radius 2 is 1.97 bits per heavy atom. The van der Waals surface area contributed by atoms with Crippen LogP contribution in [-0.4, -0.2) is 54.2 Å². The third-order valence-electron chi connectivity index (χ3n) is 4.50. The predicted molar refractivity (Wildman–Crippen MR) is 117 cm³/mol. The SMILES string of the molecule is CCOC(=O)C1=C(COC(=O)CSCc2noc(C)n2)NC(=O)N[C@@H]1c1ccc(OC)cc1. The number of carbonyl (C=O) groups excluding carboxylic acids is 3. The van der Waals surface area contributed by atoms with Crippen molar-refractivity contribution in [1.29, 1.82) is 0 Å². The van der Waals surface area contributed by atoms with Crippen molar-refractivity contribution in [2.45, 2.75) is 25.6 Å². The molecule has 2 aromatic rings. The molecule has 1 aliphatic heterocycles. The minimum atomic E-state index is -0.784. The van der Waals surface area contributed by atoms with Gasteiger partial charge in [0, 0.05) is 6.92 Å². The zero-order chi connectivity index (χ0) is 23.8. The lowest BCUT2D eigenvalue weighted by Gasteiger charge is -2.29. The van der Waals surface area contributed by atoms with Gasteiger partial charge in [-0.3, -0.25) is 4.79 Å². The molecule has 0 spiro atoms. The Kier molecular flexibility index (Phi) is 8.30. The van der Waals surface area contributed by atoms with E-state index in [1.165, 1.54) is 11.8 Å². The summed E-state index contributed by atoms with van der Waals surface area (Å²) in [4.78, 5) is 41.3. The second-order valence-electron chi connectivity index (χ2n) is 6.80. The number of aromatic nitrogens is 2. The number of hydrogen-bond acceptors (Lipinski definition) is 10. The molecule has 11 nitrogen and oxygen atoms in total. The van der Waals surface area contributed by atoms with E-state index in [1.807, 2.05) is 0 Å². The van der Waals surface area contributed by atoms with E-state index in [9.17, 15) is 14.4 Å². The Morgan fingerprint density at radius 3 is 2.61 bits per heavy atom. The first kappa shape index (κ1) is 24.1. The molecule has 0 fully saturated rings. The van der Waals surface area contributed by atoms with Crippen molar-refractivity contribution < 1.29 is 33.1 Å². The second-order valence-corrected chi connectivity index (χ2v) is 7.79. The lowest BCUT2D eigenvalue weighted by Crippen LogP contribution is -2.47. The number of carbonyl (C=O) groups is 3. The highest BCUT2D eigenvalue weighted by Crippen LogP contribution is 2.29. The Labute approximate surface area is 194 Å². The number of rotatable bonds is 10. The summed E-state index contributed by atoms with van der Waals surface area (Å²) in [5.74, 6) is 0.810. The molecule has 2 amide bonds. The van der Waals surface area contributed by atoms with E-state index in [2.05, 4.69) is 20.8 Å². The van der Waals surface area contributed by atoms with Crippen LogP contribution in [0.4, 0.5) is 4.79 Å². The summed E-state index contributed by atoms with van der Waals surface area (Å²) in [6.07, 6.45) is 0. The van der Waals surface area contributed by atoms with E-state index in [4.69, 9.17) is 18.7 Å². The maximum atomic E-state index is 12.7. The van der Waals surface area contributed by atoms with Crippen LogP contribution in [0.2, 0.25) is 0 Å².